The Morgan fingerprint density at radius 2 is 1.54 bits per heavy atom. The third-order valence-electron chi connectivity index (χ3n) is 3.60. The molecule has 4 N–H and O–H groups in total. The minimum absolute atomic E-state index is 0.249. The van der Waals surface area contributed by atoms with Gasteiger partial charge in [-0.2, -0.15) is 11.8 Å². The Morgan fingerprint density at radius 1 is 0.893 bits per heavy atom. The highest BCUT2D eigenvalue weighted by molar-refractivity contribution is 7.98. The number of carbonyl (C=O) groups excluding carboxylic acids is 5. The molecule has 0 fully saturated rings. The van der Waals surface area contributed by atoms with Gasteiger partial charge in [-0.25, -0.2) is 0 Å². The Labute approximate surface area is 169 Å². The minimum Gasteiger partial charge on any atom is -0.468 e. The molecule has 0 aromatic rings. The predicted molar refractivity (Wildman–Crippen MR) is 105 cm³/mol. The second-order valence-electron chi connectivity index (χ2n) is 6.30. The van der Waals surface area contributed by atoms with Crippen LogP contribution in [0.1, 0.15) is 27.2 Å². The van der Waals surface area contributed by atoms with Gasteiger partial charge < -0.3 is 26.0 Å². The van der Waals surface area contributed by atoms with E-state index in [1.165, 1.54) is 25.8 Å². The van der Waals surface area contributed by atoms with E-state index in [4.69, 9.17) is 0 Å². The Kier molecular flexibility index (Phi) is 12.7. The lowest BCUT2D eigenvalue weighted by Gasteiger charge is -2.21. The van der Waals surface area contributed by atoms with Crippen LogP contribution >= 0.6 is 11.8 Å². The Morgan fingerprint density at radius 3 is 2.07 bits per heavy atom. The Bertz CT molecular complexity index is 570. The minimum atomic E-state index is -0.909. The van der Waals surface area contributed by atoms with E-state index in [9.17, 15) is 24.0 Å². The van der Waals surface area contributed by atoms with E-state index in [0.717, 1.165) is 0 Å². The van der Waals surface area contributed by atoms with E-state index in [0.29, 0.717) is 12.2 Å². The van der Waals surface area contributed by atoms with Crippen LogP contribution in [0.25, 0.3) is 0 Å². The monoisotopic (exact) mass is 418 g/mol. The number of methoxy groups -OCH3 is 1. The zero-order valence-electron chi connectivity index (χ0n) is 16.9. The molecule has 0 bridgehead atoms. The second kappa shape index (κ2) is 13.8. The molecule has 0 saturated carbocycles. The van der Waals surface area contributed by atoms with Gasteiger partial charge in [0, 0.05) is 5.92 Å². The molecule has 160 valence electrons. The number of esters is 1. The van der Waals surface area contributed by atoms with Gasteiger partial charge in [0.1, 0.15) is 18.6 Å². The highest BCUT2D eigenvalue weighted by Gasteiger charge is 2.25. The fourth-order valence-electron chi connectivity index (χ4n) is 1.85. The van der Waals surface area contributed by atoms with Crippen molar-refractivity contribution in [2.24, 2.45) is 5.92 Å². The number of carbonyl (C=O) groups is 5. The quantitative estimate of drug-likeness (QED) is 0.291. The van der Waals surface area contributed by atoms with Crippen LogP contribution in [0, 0.1) is 5.92 Å². The van der Waals surface area contributed by atoms with Crippen LogP contribution < -0.4 is 21.3 Å². The summed E-state index contributed by atoms with van der Waals surface area (Å²) in [5, 5.41) is 9.85. The van der Waals surface area contributed by atoms with Crippen LogP contribution in [0.2, 0.25) is 0 Å². The number of hydrogen-bond donors (Lipinski definition) is 4. The summed E-state index contributed by atoms with van der Waals surface area (Å²) in [6.45, 7) is 4.26. The van der Waals surface area contributed by atoms with Gasteiger partial charge in [-0.3, -0.25) is 24.0 Å². The smallest absolute Gasteiger partial charge is 0.325 e. The van der Waals surface area contributed by atoms with Crippen LogP contribution in [0.3, 0.4) is 0 Å². The highest BCUT2D eigenvalue weighted by atomic mass is 32.2. The largest absolute Gasteiger partial charge is 0.468 e. The third kappa shape index (κ3) is 10.8. The zero-order valence-corrected chi connectivity index (χ0v) is 17.7. The first kappa shape index (κ1) is 25.7. The molecule has 0 aliphatic heterocycles. The first-order chi connectivity index (χ1) is 13.1. The van der Waals surface area contributed by atoms with Gasteiger partial charge in [0.05, 0.1) is 13.7 Å². The summed E-state index contributed by atoms with van der Waals surface area (Å²) in [5.41, 5.74) is 0. The molecule has 0 heterocycles. The molecule has 0 rings (SSSR count). The lowest BCUT2D eigenvalue weighted by Crippen LogP contribution is -2.54. The number of nitrogens with one attached hydrogen (secondary N) is 4. The van der Waals surface area contributed by atoms with Gasteiger partial charge in [0.2, 0.25) is 23.6 Å². The summed E-state index contributed by atoms with van der Waals surface area (Å²) in [6.07, 6.45) is 2.32. The van der Waals surface area contributed by atoms with Crippen LogP contribution in [0.4, 0.5) is 0 Å². The Balaban J connectivity index is 4.56. The molecular formula is C17H30N4O6S. The molecule has 0 spiro atoms. The van der Waals surface area contributed by atoms with Crippen molar-refractivity contribution in [2.75, 3.05) is 32.2 Å². The number of hydrogen-bond acceptors (Lipinski definition) is 7. The zero-order chi connectivity index (χ0) is 21.7. The molecule has 0 aromatic heterocycles. The first-order valence-electron chi connectivity index (χ1n) is 8.83. The van der Waals surface area contributed by atoms with E-state index in [1.54, 1.807) is 13.8 Å². The SMILES string of the molecule is COC(=O)CNC(=O)CNC(=O)[C@H](C)NC(=O)[C@H](CCSC)NC(=O)C(C)C. The highest BCUT2D eigenvalue weighted by Crippen LogP contribution is 2.03. The van der Waals surface area contributed by atoms with Crippen molar-refractivity contribution in [2.45, 2.75) is 39.3 Å². The normalized spacial score (nSPS) is 12.5. The molecule has 0 unspecified atom stereocenters. The van der Waals surface area contributed by atoms with Gasteiger partial charge in [0.15, 0.2) is 0 Å². The number of thioether (sulfide) groups is 1. The average Bonchev–Trinajstić information content (AvgIpc) is 2.66. The topological polar surface area (TPSA) is 143 Å². The lowest BCUT2D eigenvalue weighted by atomic mass is 10.1. The standard InChI is InChI=1S/C17H30N4O6S/c1-10(2)15(24)21-12(6-7-28-5)17(26)20-11(3)16(25)19-8-13(22)18-9-14(23)27-4/h10-12H,6-9H2,1-5H3,(H,18,22)(H,19,25)(H,20,26)(H,21,24)/t11-,12-/m0/s1. The van der Waals surface area contributed by atoms with Crippen LogP contribution in [-0.4, -0.2) is 73.9 Å². The van der Waals surface area contributed by atoms with Crippen molar-refractivity contribution in [3.63, 3.8) is 0 Å². The van der Waals surface area contributed by atoms with Crippen molar-refractivity contribution < 1.29 is 28.7 Å². The van der Waals surface area contributed by atoms with E-state index >= 15 is 0 Å². The maximum absolute atomic E-state index is 12.4. The van der Waals surface area contributed by atoms with Gasteiger partial charge in [-0.05, 0) is 25.4 Å². The van der Waals surface area contributed by atoms with Crippen molar-refractivity contribution in [3.05, 3.63) is 0 Å². The summed E-state index contributed by atoms with van der Waals surface area (Å²) in [4.78, 5) is 58.9. The van der Waals surface area contributed by atoms with Gasteiger partial charge in [-0.15, -0.1) is 0 Å². The molecule has 4 amide bonds. The van der Waals surface area contributed by atoms with Crippen molar-refractivity contribution in [1.82, 2.24) is 21.3 Å². The molecule has 0 aliphatic rings. The maximum atomic E-state index is 12.4. The van der Waals surface area contributed by atoms with Crippen molar-refractivity contribution >= 4 is 41.4 Å². The molecular weight excluding hydrogens is 388 g/mol. The molecule has 0 saturated heterocycles. The van der Waals surface area contributed by atoms with E-state index in [-0.39, 0.29) is 24.9 Å². The first-order valence-corrected chi connectivity index (χ1v) is 10.2. The van der Waals surface area contributed by atoms with Crippen molar-refractivity contribution in [3.8, 4) is 0 Å². The second-order valence-corrected chi connectivity index (χ2v) is 7.28. The number of ether oxygens (including phenoxy) is 1. The molecule has 11 heteroatoms. The number of amides is 4. The fourth-order valence-corrected chi connectivity index (χ4v) is 2.32. The van der Waals surface area contributed by atoms with Gasteiger partial charge in [-0.1, -0.05) is 13.8 Å². The molecule has 0 aliphatic carbocycles. The fraction of sp³-hybridized carbons (Fsp3) is 0.706. The summed E-state index contributed by atoms with van der Waals surface area (Å²) < 4.78 is 4.38. The molecule has 28 heavy (non-hydrogen) atoms. The Hall–Kier alpha value is -2.30. The molecule has 2 atom stereocenters. The lowest BCUT2D eigenvalue weighted by molar-refractivity contribution is -0.141. The van der Waals surface area contributed by atoms with Gasteiger partial charge >= 0.3 is 5.97 Å². The summed E-state index contributed by atoms with van der Waals surface area (Å²) in [7, 11) is 1.19. The average molecular weight is 419 g/mol. The van der Waals surface area contributed by atoms with Crippen molar-refractivity contribution in [1.29, 1.82) is 0 Å². The van der Waals surface area contributed by atoms with E-state index in [1.807, 2.05) is 6.26 Å². The van der Waals surface area contributed by atoms with Crippen LogP contribution in [-0.2, 0) is 28.7 Å². The van der Waals surface area contributed by atoms with E-state index < -0.39 is 35.8 Å². The van der Waals surface area contributed by atoms with Gasteiger partial charge in [0.25, 0.3) is 0 Å². The predicted octanol–water partition coefficient (Wildman–Crippen LogP) is -1.21. The molecule has 0 radical (unpaired) electrons. The number of rotatable bonds is 12. The summed E-state index contributed by atoms with van der Waals surface area (Å²) in [6, 6.07) is -1.66. The molecule has 0 aromatic carbocycles. The third-order valence-corrected chi connectivity index (χ3v) is 4.24. The van der Waals surface area contributed by atoms with E-state index in [2.05, 4.69) is 26.0 Å². The maximum Gasteiger partial charge on any atom is 0.325 e. The summed E-state index contributed by atoms with van der Waals surface area (Å²) >= 11 is 1.54. The summed E-state index contributed by atoms with van der Waals surface area (Å²) in [5.74, 6) is -2.08. The van der Waals surface area contributed by atoms with Crippen LogP contribution in [0.15, 0.2) is 0 Å². The molecule has 10 nitrogen and oxygen atoms in total. The van der Waals surface area contributed by atoms with Crippen LogP contribution in [0.5, 0.6) is 0 Å².